The number of hydrogen-bond donors (Lipinski definition) is 0. The van der Waals surface area contributed by atoms with Gasteiger partial charge in [-0.1, -0.05) is 29.5 Å². The molecule has 0 spiro atoms. The Labute approximate surface area is 70.9 Å². The van der Waals surface area contributed by atoms with Gasteiger partial charge in [0.05, 0.1) is 0 Å². The molecular formula is C7H14IN. The first-order chi connectivity index (χ1) is 4.36. The molecule has 0 N–H and O–H groups in total. The molecule has 1 atom stereocenters. The van der Waals surface area contributed by atoms with Crippen LogP contribution in [0.3, 0.4) is 0 Å². The highest BCUT2D eigenvalue weighted by molar-refractivity contribution is 14.1. The lowest BCUT2D eigenvalue weighted by molar-refractivity contribution is 0.348. The van der Waals surface area contributed by atoms with Gasteiger partial charge in [0.2, 0.25) is 0 Å². The number of rotatable bonds is 2. The van der Waals surface area contributed by atoms with Crippen LogP contribution in [0.15, 0.2) is 0 Å². The van der Waals surface area contributed by atoms with E-state index >= 15 is 0 Å². The van der Waals surface area contributed by atoms with Crippen LogP contribution in [0.25, 0.3) is 0 Å². The van der Waals surface area contributed by atoms with E-state index in [4.69, 9.17) is 0 Å². The van der Waals surface area contributed by atoms with Crippen LogP contribution in [0.2, 0.25) is 0 Å². The van der Waals surface area contributed by atoms with Gasteiger partial charge in [0, 0.05) is 11.0 Å². The fourth-order valence-corrected chi connectivity index (χ4v) is 2.04. The minimum atomic E-state index is 0.991. The third-order valence-corrected chi connectivity index (χ3v) is 3.28. The van der Waals surface area contributed by atoms with Crippen LogP contribution in [0.1, 0.15) is 13.3 Å². The van der Waals surface area contributed by atoms with E-state index < -0.39 is 0 Å². The van der Waals surface area contributed by atoms with Crippen molar-refractivity contribution in [2.75, 3.05) is 24.1 Å². The van der Waals surface area contributed by atoms with E-state index in [1.54, 1.807) is 0 Å². The van der Waals surface area contributed by atoms with E-state index in [9.17, 15) is 0 Å². The molecule has 1 heterocycles. The van der Waals surface area contributed by atoms with Crippen molar-refractivity contribution < 1.29 is 0 Å². The fraction of sp³-hybridized carbons (Fsp3) is 1.00. The predicted molar refractivity (Wildman–Crippen MR) is 49.1 cm³/mol. The van der Waals surface area contributed by atoms with Crippen LogP contribution in [0, 0.1) is 5.92 Å². The smallest absolute Gasteiger partial charge is 0.00363 e. The van der Waals surface area contributed by atoms with Crippen LogP contribution in [0.5, 0.6) is 0 Å². The van der Waals surface area contributed by atoms with E-state index in [-0.39, 0.29) is 0 Å². The molecule has 1 unspecified atom stereocenters. The maximum atomic E-state index is 2.53. The summed E-state index contributed by atoms with van der Waals surface area (Å²) >= 11 is 2.49. The van der Waals surface area contributed by atoms with E-state index in [0.29, 0.717) is 0 Å². The van der Waals surface area contributed by atoms with Crippen LogP contribution in [-0.2, 0) is 0 Å². The zero-order valence-electron chi connectivity index (χ0n) is 5.94. The molecule has 1 aliphatic heterocycles. The Morgan fingerprint density at radius 3 is 2.78 bits per heavy atom. The standard InChI is InChI=1S/C7H14IN/c1-2-9-4-3-7(5-8)6-9/h7H,2-6H2,1H3. The van der Waals surface area contributed by atoms with Crippen LogP contribution >= 0.6 is 22.6 Å². The largest absolute Gasteiger partial charge is 0.303 e. The minimum absolute atomic E-state index is 0.991. The van der Waals surface area contributed by atoms with Gasteiger partial charge in [-0.05, 0) is 25.4 Å². The molecule has 0 bridgehead atoms. The number of alkyl halides is 1. The molecule has 1 aliphatic rings. The summed E-state index contributed by atoms with van der Waals surface area (Å²) in [7, 11) is 0. The molecular weight excluding hydrogens is 225 g/mol. The van der Waals surface area contributed by atoms with Gasteiger partial charge in [0.25, 0.3) is 0 Å². The quantitative estimate of drug-likeness (QED) is 0.524. The SMILES string of the molecule is CCN1CCC(CI)C1. The summed E-state index contributed by atoms with van der Waals surface area (Å²) in [6.07, 6.45) is 1.43. The summed E-state index contributed by atoms with van der Waals surface area (Å²) in [6, 6.07) is 0. The van der Waals surface area contributed by atoms with Crippen molar-refractivity contribution in [3.05, 3.63) is 0 Å². The van der Waals surface area contributed by atoms with E-state index in [2.05, 4.69) is 34.4 Å². The summed E-state index contributed by atoms with van der Waals surface area (Å²) in [5.41, 5.74) is 0. The second-order valence-corrected chi connectivity index (χ2v) is 3.58. The molecule has 0 saturated carbocycles. The molecule has 1 saturated heterocycles. The fourth-order valence-electron chi connectivity index (χ4n) is 1.33. The van der Waals surface area contributed by atoms with Crippen molar-refractivity contribution in [1.29, 1.82) is 0 Å². The van der Waals surface area contributed by atoms with Crippen molar-refractivity contribution in [2.45, 2.75) is 13.3 Å². The van der Waals surface area contributed by atoms with Gasteiger partial charge in [-0.25, -0.2) is 0 Å². The highest BCUT2D eigenvalue weighted by Gasteiger charge is 2.18. The van der Waals surface area contributed by atoms with Gasteiger partial charge < -0.3 is 4.90 Å². The van der Waals surface area contributed by atoms with E-state index in [1.165, 1.54) is 30.5 Å². The van der Waals surface area contributed by atoms with Gasteiger partial charge in [-0.2, -0.15) is 0 Å². The lowest BCUT2D eigenvalue weighted by Crippen LogP contribution is -2.19. The van der Waals surface area contributed by atoms with E-state index in [1.807, 2.05) is 0 Å². The maximum Gasteiger partial charge on any atom is 0.00363 e. The first kappa shape index (κ1) is 7.79. The first-order valence-electron chi connectivity index (χ1n) is 3.65. The second kappa shape index (κ2) is 3.76. The van der Waals surface area contributed by atoms with Crippen LogP contribution < -0.4 is 0 Å². The first-order valence-corrected chi connectivity index (χ1v) is 5.17. The predicted octanol–water partition coefficient (Wildman–Crippen LogP) is 1.76. The zero-order chi connectivity index (χ0) is 6.69. The van der Waals surface area contributed by atoms with E-state index in [0.717, 1.165) is 5.92 Å². The molecule has 0 amide bonds. The van der Waals surface area contributed by atoms with Crippen molar-refractivity contribution in [3.63, 3.8) is 0 Å². The lowest BCUT2D eigenvalue weighted by Gasteiger charge is -2.10. The summed E-state index contributed by atoms with van der Waals surface area (Å²) in [6.45, 7) is 6.17. The second-order valence-electron chi connectivity index (χ2n) is 2.70. The highest BCUT2D eigenvalue weighted by Crippen LogP contribution is 2.17. The minimum Gasteiger partial charge on any atom is -0.303 e. The summed E-state index contributed by atoms with van der Waals surface area (Å²) in [5, 5.41) is 0. The van der Waals surface area contributed by atoms with Gasteiger partial charge >= 0.3 is 0 Å². The third-order valence-electron chi connectivity index (χ3n) is 2.04. The Balaban J connectivity index is 2.20. The Hall–Kier alpha value is 0.690. The summed E-state index contributed by atoms with van der Waals surface area (Å²) in [5.74, 6) is 0.991. The molecule has 0 aliphatic carbocycles. The Morgan fingerprint density at radius 2 is 2.44 bits per heavy atom. The lowest BCUT2D eigenvalue weighted by atomic mass is 10.2. The number of hydrogen-bond acceptors (Lipinski definition) is 1. The van der Waals surface area contributed by atoms with Crippen molar-refractivity contribution in [2.24, 2.45) is 5.92 Å². The van der Waals surface area contributed by atoms with Crippen molar-refractivity contribution in [1.82, 2.24) is 4.90 Å². The van der Waals surface area contributed by atoms with Crippen molar-refractivity contribution >= 4 is 22.6 Å². The molecule has 9 heavy (non-hydrogen) atoms. The molecule has 1 fully saturated rings. The van der Waals surface area contributed by atoms with Gasteiger partial charge in [0.1, 0.15) is 0 Å². The Morgan fingerprint density at radius 1 is 1.67 bits per heavy atom. The number of nitrogens with zero attached hydrogens (tertiary/aromatic N) is 1. The normalized spacial score (nSPS) is 29.3. The molecule has 1 rings (SSSR count). The van der Waals surface area contributed by atoms with Gasteiger partial charge in [-0.3, -0.25) is 0 Å². The average molecular weight is 239 g/mol. The zero-order valence-corrected chi connectivity index (χ0v) is 8.10. The number of likely N-dealkylation sites (tertiary alicyclic amines) is 1. The summed E-state index contributed by atoms with van der Waals surface area (Å²) in [4.78, 5) is 2.53. The Kier molecular flexibility index (Phi) is 3.26. The Bertz CT molecular complexity index is 75.0. The molecule has 0 aromatic heterocycles. The molecule has 0 aromatic rings. The molecule has 0 radical (unpaired) electrons. The number of halogens is 1. The maximum absolute atomic E-state index is 2.53. The topological polar surface area (TPSA) is 3.24 Å². The molecule has 0 aromatic carbocycles. The summed E-state index contributed by atoms with van der Waals surface area (Å²) < 4.78 is 1.34. The van der Waals surface area contributed by atoms with Gasteiger partial charge in [0.15, 0.2) is 0 Å². The molecule has 1 nitrogen and oxygen atoms in total. The molecule has 54 valence electrons. The average Bonchev–Trinajstić information content (AvgIpc) is 2.34. The van der Waals surface area contributed by atoms with Crippen molar-refractivity contribution in [3.8, 4) is 0 Å². The van der Waals surface area contributed by atoms with Gasteiger partial charge in [-0.15, -0.1) is 0 Å². The third kappa shape index (κ3) is 2.08. The van der Waals surface area contributed by atoms with Crippen LogP contribution in [0.4, 0.5) is 0 Å². The van der Waals surface area contributed by atoms with Crippen LogP contribution in [-0.4, -0.2) is 29.0 Å². The monoisotopic (exact) mass is 239 g/mol. The molecule has 2 heteroatoms. The highest BCUT2D eigenvalue weighted by atomic mass is 127.